The number of amides is 1. The van der Waals surface area contributed by atoms with Gasteiger partial charge >= 0.3 is 0 Å². The van der Waals surface area contributed by atoms with Crippen LogP contribution in [0.15, 0.2) is 12.3 Å². The average molecular weight is 319 g/mol. The minimum atomic E-state index is 0.170. The van der Waals surface area contributed by atoms with Crippen molar-refractivity contribution in [1.29, 1.82) is 0 Å². The van der Waals surface area contributed by atoms with Gasteiger partial charge in [0.1, 0.15) is 0 Å². The predicted octanol–water partition coefficient (Wildman–Crippen LogP) is 0.476. The molecule has 0 saturated carbocycles. The summed E-state index contributed by atoms with van der Waals surface area (Å²) in [5.74, 6) is 1.76. The van der Waals surface area contributed by atoms with Gasteiger partial charge in [0.15, 0.2) is 0 Å². The van der Waals surface area contributed by atoms with Crippen LogP contribution in [0.1, 0.15) is 13.3 Å². The highest BCUT2D eigenvalue weighted by Gasteiger charge is 2.31. The molecule has 2 saturated heterocycles. The van der Waals surface area contributed by atoms with Gasteiger partial charge in [-0.15, -0.1) is 0 Å². The molecule has 0 unspecified atom stereocenters. The van der Waals surface area contributed by atoms with Crippen LogP contribution in [-0.4, -0.2) is 78.6 Å². The molecule has 3 rings (SSSR count). The third kappa shape index (κ3) is 3.72. The lowest BCUT2D eigenvalue weighted by atomic mass is 10.1. The first-order valence-electron chi connectivity index (χ1n) is 8.35. The second kappa shape index (κ2) is 7.12. The SMILES string of the molecule is CCOc1ccnc(N2CCN(C(=O)[C@H]3CCN(C)C3)CC2)n1. The molecule has 1 aromatic rings. The van der Waals surface area contributed by atoms with Crippen LogP contribution in [0, 0.1) is 5.92 Å². The lowest BCUT2D eigenvalue weighted by molar-refractivity contribution is -0.135. The summed E-state index contributed by atoms with van der Waals surface area (Å²) in [6.45, 7) is 7.45. The molecule has 2 aliphatic heterocycles. The van der Waals surface area contributed by atoms with Gasteiger partial charge in [0.25, 0.3) is 0 Å². The van der Waals surface area contributed by atoms with Crippen molar-refractivity contribution in [2.45, 2.75) is 13.3 Å². The van der Waals surface area contributed by atoms with Crippen LogP contribution >= 0.6 is 0 Å². The van der Waals surface area contributed by atoms with Gasteiger partial charge in [-0.1, -0.05) is 0 Å². The minimum absolute atomic E-state index is 0.170. The highest BCUT2D eigenvalue weighted by atomic mass is 16.5. The molecule has 0 bridgehead atoms. The van der Waals surface area contributed by atoms with Gasteiger partial charge in [0.05, 0.1) is 12.5 Å². The molecule has 23 heavy (non-hydrogen) atoms. The van der Waals surface area contributed by atoms with Gasteiger partial charge in [0.2, 0.25) is 17.7 Å². The third-order valence-electron chi connectivity index (χ3n) is 4.52. The third-order valence-corrected chi connectivity index (χ3v) is 4.52. The van der Waals surface area contributed by atoms with Crippen LogP contribution in [0.3, 0.4) is 0 Å². The number of hydrogen-bond acceptors (Lipinski definition) is 6. The zero-order chi connectivity index (χ0) is 16.2. The fourth-order valence-corrected chi connectivity index (χ4v) is 3.23. The molecule has 0 aromatic carbocycles. The summed E-state index contributed by atoms with van der Waals surface area (Å²) in [7, 11) is 2.08. The number of ether oxygens (including phenoxy) is 1. The second-order valence-electron chi connectivity index (χ2n) is 6.19. The number of likely N-dealkylation sites (tertiary alicyclic amines) is 1. The highest BCUT2D eigenvalue weighted by molar-refractivity contribution is 5.79. The van der Waals surface area contributed by atoms with Gasteiger partial charge in [0, 0.05) is 45.0 Å². The van der Waals surface area contributed by atoms with E-state index < -0.39 is 0 Å². The first-order chi connectivity index (χ1) is 11.2. The number of anilines is 1. The second-order valence-corrected chi connectivity index (χ2v) is 6.19. The van der Waals surface area contributed by atoms with E-state index in [2.05, 4.69) is 26.8 Å². The first kappa shape index (κ1) is 16.0. The summed E-state index contributed by atoms with van der Waals surface area (Å²) in [5, 5.41) is 0. The molecule has 2 aliphatic rings. The zero-order valence-electron chi connectivity index (χ0n) is 13.9. The van der Waals surface area contributed by atoms with E-state index in [0.717, 1.165) is 45.7 Å². The largest absolute Gasteiger partial charge is 0.478 e. The fraction of sp³-hybridized carbons (Fsp3) is 0.688. The summed E-state index contributed by atoms with van der Waals surface area (Å²) in [5.41, 5.74) is 0. The summed E-state index contributed by atoms with van der Waals surface area (Å²) < 4.78 is 5.43. The Labute approximate surface area is 137 Å². The summed E-state index contributed by atoms with van der Waals surface area (Å²) >= 11 is 0. The summed E-state index contributed by atoms with van der Waals surface area (Å²) in [6.07, 6.45) is 2.70. The van der Waals surface area contributed by atoms with Crippen molar-refractivity contribution < 1.29 is 9.53 Å². The van der Waals surface area contributed by atoms with E-state index in [-0.39, 0.29) is 5.92 Å². The maximum absolute atomic E-state index is 12.6. The number of carbonyl (C=O) groups excluding carboxylic acids is 1. The molecule has 7 heteroatoms. The van der Waals surface area contributed by atoms with E-state index >= 15 is 0 Å². The van der Waals surface area contributed by atoms with Crippen LogP contribution < -0.4 is 9.64 Å². The molecular formula is C16H25N5O2. The van der Waals surface area contributed by atoms with Gasteiger partial charge < -0.3 is 19.4 Å². The summed E-state index contributed by atoms with van der Waals surface area (Å²) in [4.78, 5) is 27.7. The molecule has 1 atom stereocenters. The first-order valence-corrected chi connectivity index (χ1v) is 8.35. The van der Waals surface area contributed by atoms with E-state index in [1.165, 1.54) is 0 Å². The lowest BCUT2D eigenvalue weighted by Crippen LogP contribution is -2.51. The molecule has 1 aromatic heterocycles. The van der Waals surface area contributed by atoms with Crippen molar-refractivity contribution in [3.63, 3.8) is 0 Å². The smallest absolute Gasteiger partial charge is 0.228 e. The number of aromatic nitrogens is 2. The lowest BCUT2D eigenvalue weighted by Gasteiger charge is -2.36. The number of piperazine rings is 1. The Bertz CT molecular complexity index is 545. The zero-order valence-corrected chi connectivity index (χ0v) is 13.9. The van der Waals surface area contributed by atoms with E-state index in [1.807, 2.05) is 11.8 Å². The Morgan fingerprint density at radius 2 is 2.09 bits per heavy atom. The molecule has 0 spiro atoms. The fourth-order valence-electron chi connectivity index (χ4n) is 3.23. The van der Waals surface area contributed by atoms with Gasteiger partial charge in [-0.2, -0.15) is 4.98 Å². The molecule has 2 fully saturated rings. The van der Waals surface area contributed by atoms with Crippen molar-refractivity contribution in [3.8, 4) is 5.88 Å². The number of rotatable bonds is 4. The van der Waals surface area contributed by atoms with Crippen molar-refractivity contribution in [3.05, 3.63) is 12.3 Å². The normalized spacial score (nSPS) is 22.4. The molecule has 7 nitrogen and oxygen atoms in total. The van der Waals surface area contributed by atoms with Crippen LogP contribution in [0.4, 0.5) is 5.95 Å². The molecule has 3 heterocycles. The van der Waals surface area contributed by atoms with E-state index in [9.17, 15) is 4.79 Å². The van der Waals surface area contributed by atoms with Crippen molar-refractivity contribution in [2.75, 3.05) is 57.8 Å². The predicted molar refractivity (Wildman–Crippen MR) is 87.6 cm³/mol. The van der Waals surface area contributed by atoms with Crippen LogP contribution in [0.5, 0.6) is 5.88 Å². The van der Waals surface area contributed by atoms with Crippen molar-refractivity contribution in [2.24, 2.45) is 5.92 Å². The topological polar surface area (TPSA) is 61.8 Å². The molecular weight excluding hydrogens is 294 g/mol. The van der Waals surface area contributed by atoms with Gasteiger partial charge in [-0.25, -0.2) is 4.98 Å². The van der Waals surface area contributed by atoms with Crippen molar-refractivity contribution >= 4 is 11.9 Å². The Morgan fingerprint density at radius 3 is 2.74 bits per heavy atom. The maximum atomic E-state index is 12.6. The Hall–Kier alpha value is -1.89. The molecule has 1 amide bonds. The number of nitrogens with zero attached hydrogens (tertiary/aromatic N) is 5. The Morgan fingerprint density at radius 1 is 1.30 bits per heavy atom. The van der Waals surface area contributed by atoms with Crippen LogP contribution in [-0.2, 0) is 4.79 Å². The maximum Gasteiger partial charge on any atom is 0.228 e. The van der Waals surface area contributed by atoms with E-state index in [4.69, 9.17) is 4.74 Å². The van der Waals surface area contributed by atoms with E-state index in [0.29, 0.717) is 24.3 Å². The standard InChI is InChI=1S/C16H25N5O2/c1-3-23-14-4-6-17-16(18-14)21-10-8-20(9-11-21)15(22)13-5-7-19(2)12-13/h4,6,13H,3,5,7-12H2,1-2H3/t13-/m0/s1. The molecule has 0 aliphatic carbocycles. The van der Waals surface area contributed by atoms with Crippen molar-refractivity contribution in [1.82, 2.24) is 19.8 Å². The Balaban J connectivity index is 1.56. The summed E-state index contributed by atoms with van der Waals surface area (Å²) in [6, 6.07) is 1.77. The average Bonchev–Trinajstić information content (AvgIpc) is 3.01. The Kier molecular flexibility index (Phi) is 4.95. The highest BCUT2D eigenvalue weighted by Crippen LogP contribution is 2.20. The van der Waals surface area contributed by atoms with E-state index in [1.54, 1.807) is 12.3 Å². The number of hydrogen-bond donors (Lipinski definition) is 0. The molecule has 126 valence electrons. The van der Waals surface area contributed by atoms with Gasteiger partial charge in [-0.05, 0) is 26.9 Å². The minimum Gasteiger partial charge on any atom is -0.478 e. The molecule has 0 radical (unpaired) electrons. The van der Waals surface area contributed by atoms with Crippen LogP contribution in [0.2, 0.25) is 0 Å². The van der Waals surface area contributed by atoms with Crippen LogP contribution in [0.25, 0.3) is 0 Å². The quantitative estimate of drug-likeness (QED) is 0.804. The van der Waals surface area contributed by atoms with Gasteiger partial charge in [-0.3, -0.25) is 4.79 Å². The number of carbonyl (C=O) groups is 1. The monoisotopic (exact) mass is 319 g/mol. The molecule has 0 N–H and O–H groups in total.